The third-order valence-electron chi connectivity index (χ3n) is 2.67. The van der Waals surface area contributed by atoms with Gasteiger partial charge in [-0.1, -0.05) is 0 Å². The molecular weight excluding hydrogens is 264 g/mol. The van der Waals surface area contributed by atoms with Gasteiger partial charge in [-0.25, -0.2) is 0 Å². The summed E-state index contributed by atoms with van der Waals surface area (Å²) in [6.07, 6.45) is 0. The molecule has 0 aliphatic carbocycles. The van der Waals surface area contributed by atoms with E-state index in [0.29, 0.717) is 22.6 Å². The third-order valence-corrected chi connectivity index (χ3v) is 2.67. The van der Waals surface area contributed by atoms with Crippen LogP contribution in [0.4, 0.5) is 0 Å². The van der Waals surface area contributed by atoms with E-state index in [9.17, 15) is 9.59 Å². The quantitative estimate of drug-likeness (QED) is 0.622. The summed E-state index contributed by atoms with van der Waals surface area (Å²) in [5, 5.41) is 0. The van der Waals surface area contributed by atoms with Gasteiger partial charge < -0.3 is 18.9 Å². The lowest BCUT2D eigenvalue weighted by molar-refractivity contribution is -0.133. The first kappa shape index (κ1) is 15.8. The van der Waals surface area contributed by atoms with E-state index in [-0.39, 0.29) is 11.5 Å². The molecule has 0 bridgehead atoms. The molecule has 20 heavy (non-hydrogen) atoms. The lowest BCUT2D eigenvalue weighted by Crippen LogP contribution is -2.10. The van der Waals surface area contributed by atoms with Crippen LogP contribution in [0.25, 0.3) is 0 Å². The molecule has 0 saturated carbocycles. The van der Waals surface area contributed by atoms with Gasteiger partial charge in [0.05, 0.1) is 14.2 Å². The maximum Gasteiger partial charge on any atom is 0.308 e. The summed E-state index contributed by atoms with van der Waals surface area (Å²) < 4.78 is 20.8. The summed E-state index contributed by atoms with van der Waals surface area (Å²) in [6, 6.07) is 0. The average Bonchev–Trinajstić information content (AvgIpc) is 2.35. The Bertz CT molecular complexity index is 498. The summed E-state index contributed by atoms with van der Waals surface area (Å²) in [7, 11) is 2.89. The van der Waals surface area contributed by atoms with Gasteiger partial charge in [0, 0.05) is 25.0 Å². The minimum Gasteiger partial charge on any atom is -0.492 e. The second kappa shape index (κ2) is 6.27. The zero-order valence-electron chi connectivity index (χ0n) is 12.4. The van der Waals surface area contributed by atoms with Crippen molar-refractivity contribution in [3.63, 3.8) is 0 Å². The zero-order chi connectivity index (χ0) is 15.4. The van der Waals surface area contributed by atoms with Crippen molar-refractivity contribution in [2.75, 3.05) is 14.2 Å². The van der Waals surface area contributed by atoms with E-state index in [1.807, 2.05) is 0 Å². The summed E-state index contributed by atoms with van der Waals surface area (Å²) in [5.41, 5.74) is 1.03. The Morgan fingerprint density at radius 1 is 0.700 bits per heavy atom. The predicted molar refractivity (Wildman–Crippen MR) is 71.6 cm³/mol. The number of rotatable bonds is 4. The molecule has 0 spiro atoms. The third kappa shape index (κ3) is 3.01. The Labute approximate surface area is 117 Å². The highest BCUT2D eigenvalue weighted by Gasteiger charge is 2.25. The summed E-state index contributed by atoms with van der Waals surface area (Å²) in [6.45, 7) is 5.96. The van der Waals surface area contributed by atoms with Crippen molar-refractivity contribution in [1.29, 1.82) is 0 Å². The molecule has 0 atom stereocenters. The molecule has 0 fully saturated rings. The zero-order valence-corrected chi connectivity index (χ0v) is 12.4. The first-order chi connectivity index (χ1) is 9.33. The van der Waals surface area contributed by atoms with Crippen LogP contribution in [0.2, 0.25) is 0 Å². The van der Waals surface area contributed by atoms with Crippen LogP contribution in [0.5, 0.6) is 23.0 Å². The van der Waals surface area contributed by atoms with Crippen LogP contribution in [0.1, 0.15) is 25.0 Å². The molecule has 0 aliphatic rings. The van der Waals surface area contributed by atoms with Crippen LogP contribution in [0.3, 0.4) is 0 Å². The minimum absolute atomic E-state index is 0.255. The van der Waals surface area contributed by atoms with Gasteiger partial charge in [0.25, 0.3) is 0 Å². The molecular formula is C14H18O6. The van der Waals surface area contributed by atoms with E-state index in [4.69, 9.17) is 18.9 Å². The molecule has 0 aliphatic heterocycles. The number of hydrogen-bond acceptors (Lipinski definition) is 6. The van der Waals surface area contributed by atoms with Gasteiger partial charge in [-0.2, -0.15) is 0 Å². The highest BCUT2D eigenvalue weighted by Crippen LogP contribution is 2.47. The Balaban J connectivity index is 3.61. The molecule has 0 unspecified atom stereocenters. The van der Waals surface area contributed by atoms with Crippen molar-refractivity contribution >= 4 is 11.9 Å². The molecule has 0 amide bonds. The molecule has 6 heteroatoms. The molecule has 0 aromatic heterocycles. The van der Waals surface area contributed by atoms with E-state index >= 15 is 0 Å². The fourth-order valence-corrected chi connectivity index (χ4v) is 1.91. The Hall–Kier alpha value is -2.24. The lowest BCUT2D eigenvalue weighted by atomic mass is 10.1. The van der Waals surface area contributed by atoms with Crippen LogP contribution in [-0.2, 0) is 9.59 Å². The van der Waals surface area contributed by atoms with Crippen LogP contribution in [0.15, 0.2) is 0 Å². The monoisotopic (exact) mass is 282 g/mol. The van der Waals surface area contributed by atoms with Crippen LogP contribution < -0.4 is 18.9 Å². The van der Waals surface area contributed by atoms with E-state index in [0.717, 1.165) is 0 Å². The number of esters is 2. The second-order valence-corrected chi connectivity index (χ2v) is 4.16. The van der Waals surface area contributed by atoms with Gasteiger partial charge in [0.2, 0.25) is 0 Å². The van der Waals surface area contributed by atoms with Gasteiger partial charge >= 0.3 is 11.9 Å². The van der Waals surface area contributed by atoms with Gasteiger partial charge in [0.15, 0.2) is 23.0 Å². The van der Waals surface area contributed by atoms with Crippen LogP contribution in [0, 0.1) is 13.8 Å². The number of hydrogen-bond donors (Lipinski definition) is 0. The van der Waals surface area contributed by atoms with Gasteiger partial charge in [0.1, 0.15) is 0 Å². The summed E-state index contributed by atoms with van der Waals surface area (Å²) in [5.74, 6) is 0.209. The Morgan fingerprint density at radius 2 is 1.00 bits per heavy atom. The van der Waals surface area contributed by atoms with E-state index < -0.39 is 11.9 Å². The number of benzene rings is 1. The highest BCUT2D eigenvalue weighted by atomic mass is 16.6. The average molecular weight is 282 g/mol. The summed E-state index contributed by atoms with van der Waals surface area (Å²) >= 11 is 0. The summed E-state index contributed by atoms with van der Waals surface area (Å²) in [4.78, 5) is 22.4. The molecule has 0 heterocycles. The number of carbonyl (C=O) groups excluding carboxylic acids is 2. The van der Waals surface area contributed by atoms with Gasteiger partial charge in [-0.05, 0) is 13.8 Å². The number of carbonyl (C=O) groups is 2. The Morgan fingerprint density at radius 3 is 1.20 bits per heavy atom. The fraction of sp³-hybridized carbons (Fsp3) is 0.429. The largest absolute Gasteiger partial charge is 0.492 e. The first-order valence-electron chi connectivity index (χ1n) is 5.95. The van der Waals surface area contributed by atoms with Crippen molar-refractivity contribution in [2.24, 2.45) is 0 Å². The number of methoxy groups -OCH3 is 2. The maximum absolute atomic E-state index is 11.2. The molecule has 0 N–H and O–H groups in total. The van der Waals surface area contributed by atoms with Gasteiger partial charge in [-0.3, -0.25) is 9.59 Å². The van der Waals surface area contributed by atoms with E-state index in [1.165, 1.54) is 28.1 Å². The standard InChI is InChI=1S/C14H18O6/c1-7-11(17-5)14(20-10(4)16)8(2)12(18-6)13(7)19-9(3)15/h1-6H3. The fourth-order valence-electron chi connectivity index (χ4n) is 1.91. The van der Waals surface area contributed by atoms with Crippen LogP contribution in [-0.4, -0.2) is 26.2 Å². The molecule has 110 valence electrons. The second-order valence-electron chi connectivity index (χ2n) is 4.16. The number of ether oxygens (including phenoxy) is 4. The molecule has 1 aromatic rings. The SMILES string of the molecule is COc1c(C)c(OC(C)=O)c(OC)c(C)c1OC(C)=O. The van der Waals surface area contributed by atoms with Crippen molar-refractivity contribution in [3.05, 3.63) is 11.1 Å². The molecule has 6 nitrogen and oxygen atoms in total. The van der Waals surface area contributed by atoms with Crippen molar-refractivity contribution < 1.29 is 28.5 Å². The molecule has 0 saturated heterocycles. The normalized spacial score (nSPS) is 9.90. The molecule has 1 aromatic carbocycles. The maximum atomic E-state index is 11.2. The Kier molecular flexibility index (Phi) is 4.96. The predicted octanol–water partition coefficient (Wildman–Crippen LogP) is 2.17. The van der Waals surface area contributed by atoms with Crippen molar-refractivity contribution in [2.45, 2.75) is 27.7 Å². The lowest BCUT2D eigenvalue weighted by Gasteiger charge is -2.20. The van der Waals surface area contributed by atoms with Crippen molar-refractivity contribution in [3.8, 4) is 23.0 Å². The smallest absolute Gasteiger partial charge is 0.308 e. The molecule has 0 radical (unpaired) electrons. The first-order valence-corrected chi connectivity index (χ1v) is 5.95. The van der Waals surface area contributed by atoms with E-state index in [2.05, 4.69) is 0 Å². The van der Waals surface area contributed by atoms with Gasteiger partial charge in [-0.15, -0.1) is 0 Å². The van der Waals surface area contributed by atoms with E-state index in [1.54, 1.807) is 13.8 Å². The highest BCUT2D eigenvalue weighted by molar-refractivity contribution is 5.77. The van der Waals surface area contributed by atoms with Crippen molar-refractivity contribution in [1.82, 2.24) is 0 Å². The van der Waals surface area contributed by atoms with Crippen LogP contribution >= 0.6 is 0 Å². The molecule has 1 rings (SSSR count). The topological polar surface area (TPSA) is 71.1 Å². The minimum atomic E-state index is -0.479.